The van der Waals surface area contributed by atoms with Crippen molar-refractivity contribution in [2.75, 3.05) is 12.9 Å². The molecule has 4 nitrogen and oxygen atoms in total. The summed E-state index contributed by atoms with van der Waals surface area (Å²) in [6.45, 7) is 0. The van der Waals surface area contributed by atoms with Gasteiger partial charge in [-0.25, -0.2) is 0 Å². The van der Waals surface area contributed by atoms with Gasteiger partial charge in [-0.2, -0.15) is 0 Å². The number of hydrogen-bond acceptors (Lipinski definition) is 5. The van der Waals surface area contributed by atoms with Crippen LogP contribution in [0.2, 0.25) is 0 Å². The van der Waals surface area contributed by atoms with Gasteiger partial charge in [-0.05, 0) is 48.5 Å². The molecule has 116 valence electrons. The molecule has 0 N–H and O–H groups in total. The third-order valence-electron chi connectivity index (χ3n) is 3.30. The molecule has 1 aromatic carbocycles. The van der Waals surface area contributed by atoms with Gasteiger partial charge in [0.15, 0.2) is 10.9 Å². The Morgan fingerprint density at radius 2 is 1.83 bits per heavy atom. The summed E-state index contributed by atoms with van der Waals surface area (Å²) >= 11 is 1.39. The van der Waals surface area contributed by atoms with Gasteiger partial charge in [-0.3, -0.25) is 9.78 Å². The number of thioether (sulfide) groups is 1. The second kappa shape index (κ2) is 7.15. The molecular formula is C18H15NO3S. The Kier molecular flexibility index (Phi) is 4.78. The number of carbonyl (C=O) groups is 1. The lowest BCUT2D eigenvalue weighted by Crippen LogP contribution is -2.01. The van der Waals surface area contributed by atoms with Gasteiger partial charge >= 0.3 is 0 Å². The molecule has 23 heavy (non-hydrogen) atoms. The van der Waals surface area contributed by atoms with Gasteiger partial charge in [0.25, 0.3) is 0 Å². The number of aromatic nitrogens is 1. The highest BCUT2D eigenvalue weighted by Gasteiger charge is 2.10. The molecule has 3 aromatic rings. The van der Waals surface area contributed by atoms with Crippen LogP contribution < -0.4 is 4.74 Å². The molecule has 0 saturated carbocycles. The van der Waals surface area contributed by atoms with Crippen molar-refractivity contribution in [3.05, 3.63) is 66.5 Å². The number of hydrogen-bond donors (Lipinski definition) is 0. The predicted octanol–water partition coefficient (Wildman–Crippen LogP) is 4.33. The SMILES string of the molecule is COc1ccc(C(=O)CSc2ccc(-c3ccncc3)o2)cc1. The van der Waals surface area contributed by atoms with Crippen molar-refractivity contribution in [3.63, 3.8) is 0 Å². The fourth-order valence-corrected chi connectivity index (χ4v) is 2.82. The Hall–Kier alpha value is -2.53. The molecule has 0 bridgehead atoms. The van der Waals surface area contributed by atoms with Gasteiger partial charge in [0.2, 0.25) is 0 Å². The molecule has 0 saturated heterocycles. The molecule has 0 spiro atoms. The zero-order chi connectivity index (χ0) is 16.1. The number of pyridine rings is 1. The number of ether oxygens (including phenoxy) is 1. The smallest absolute Gasteiger partial charge is 0.173 e. The van der Waals surface area contributed by atoms with Crippen LogP contribution in [0.25, 0.3) is 11.3 Å². The molecular weight excluding hydrogens is 310 g/mol. The zero-order valence-corrected chi connectivity index (χ0v) is 13.4. The molecule has 0 aliphatic rings. The van der Waals surface area contributed by atoms with E-state index in [1.54, 1.807) is 43.8 Å². The molecule has 0 aliphatic carbocycles. The van der Waals surface area contributed by atoms with E-state index in [0.717, 1.165) is 22.2 Å². The number of rotatable bonds is 6. The maximum Gasteiger partial charge on any atom is 0.173 e. The van der Waals surface area contributed by atoms with Crippen molar-refractivity contribution < 1.29 is 13.9 Å². The Labute approximate surface area is 138 Å². The van der Waals surface area contributed by atoms with Crippen molar-refractivity contribution in [3.8, 4) is 17.1 Å². The van der Waals surface area contributed by atoms with Gasteiger partial charge in [0, 0.05) is 23.5 Å². The average molecular weight is 325 g/mol. The highest BCUT2D eigenvalue weighted by atomic mass is 32.2. The van der Waals surface area contributed by atoms with Crippen LogP contribution >= 0.6 is 11.8 Å². The van der Waals surface area contributed by atoms with E-state index >= 15 is 0 Å². The number of methoxy groups -OCH3 is 1. The third kappa shape index (κ3) is 3.81. The van der Waals surface area contributed by atoms with E-state index in [1.807, 2.05) is 24.3 Å². The maximum absolute atomic E-state index is 12.2. The normalized spacial score (nSPS) is 10.5. The first kappa shape index (κ1) is 15.4. The van der Waals surface area contributed by atoms with Crippen LogP contribution in [-0.2, 0) is 0 Å². The molecule has 3 rings (SSSR count). The van der Waals surface area contributed by atoms with E-state index < -0.39 is 0 Å². The lowest BCUT2D eigenvalue weighted by Gasteiger charge is -2.02. The number of carbonyl (C=O) groups excluding carboxylic acids is 1. The predicted molar refractivity (Wildman–Crippen MR) is 90.0 cm³/mol. The van der Waals surface area contributed by atoms with Crippen molar-refractivity contribution in [2.24, 2.45) is 0 Å². The quantitative estimate of drug-likeness (QED) is 0.499. The molecule has 0 amide bonds. The fraction of sp³-hybridized carbons (Fsp3) is 0.111. The molecule has 2 aromatic heterocycles. The Bertz CT molecular complexity index is 782. The molecule has 0 atom stereocenters. The number of benzene rings is 1. The topological polar surface area (TPSA) is 52.3 Å². The second-order valence-corrected chi connectivity index (χ2v) is 5.77. The van der Waals surface area contributed by atoms with Gasteiger partial charge in [-0.1, -0.05) is 11.8 Å². The summed E-state index contributed by atoms with van der Waals surface area (Å²) in [5, 5.41) is 0.721. The van der Waals surface area contributed by atoms with Crippen molar-refractivity contribution in [1.29, 1.82) is 0 Å². The summed E-state index contributed by atoms with van der Waals surface area (Å²) in [4.78, 5) is 16.2. The molecule has 0 unspecified atom stereocenters. The minimum Gasteiger partial charge on any atom is -0.497 e. The molecule has 2 heterocycles. The van der Waals surface area contributed by atoms with E-state index in [1.165, 1.54) is 11.8 Å². The first-order valence-corrected chi connectivity index (χ1v) is 8.05. The highest BCUT2D eigenvalue weighted by Crippen LogP contribution is 2.28. The van der Waals surface area contributed by atoms with Gasteiger partial charge in [-0.15, -0.1) is 0 Å². The van der Waals surface area contributed by atoms with Crippen LogP contribution in [0.5, 0.6) is 5.75 Å². The van der Waals surface area contributed by atoms with Crippen LogP contribution in [0.15, 0.2) is 70.4 Å². The molecule has 0 fully saturated rings. The first-order valence-electron chi connectivity index (χ1n) is 7.06. The van der Waals surface area contributed by atoms with Gasteiger partial charge in [0.1, 0.15) is 11.5 Å². The largest absolute Gasteiger partial charge is 0.497 e. The first-order chi connectivity index (χ1) is 11.3. The molecule has 0 radical (unpaired) electrons. The third-order valence-corrected chi connectivity index (χ3v) is 4.21. The summed E-state index contributed by atoms with van der Waals surface area (Å²) < 4.78 is 10.8. The Balaban J connectivity index is 1.62. The van der Waals surface area contributed by atoms with E-state index in [-0.39, 0.29) is 5.78 Å². The maximum atomic E-state index is 12.2. The van der Waals surface area contributed by atoms with Gasteiger partial charge in [0.05, 0.1) is 12.9 Å². The minimum atomic E-state index is 0.0551. The van der Waals surface area contributed by atoms with E-state index in [9.17, 15) is 4.79 Å². The highest BCUT2D eigenvalue weighted by molar-refractivity contribution is 7.99. The fourth-order valence-electron chi connectivity index (χ4n) is 2.07. The van der Waals surface area contributed by atoms with E-state index in [2.05, 4.69) is 4.98 Å². The number of ketones is 1. The van der Waals surface area contributed by atoms with Crippen LogP contribution in [0.1, 0.15) is 10.4 Å². The molecule has 5 heteroatoms. The monoisotopic (exact) mass is 325 g/mol. The summed E-state index contributed by atoms with van der Waals surface area (Å²) in [6.07, 6.45) is 3.44. The summed E-state index contributed by atoms with van der Waals surface area (Å²) in [6, 6.07) is 14.7. The number of Topliss-reactive ketones (excluding diaryl/α,β-unsaturated/α-hetero) is 1. The standard InChI is InChI=1S/C18H15NO3S/c1-21-15-4-2-13(3-5-15)16(20)12-23-18-7-6-17(22-18)14-8-10-19-11-9-14/h2-11H,12H2,1H3. The lowest BCUT2D eigenvalue weighted by atomic mass is 10.1. The van der Waals surface area contributed by atoms with Crippen LogP contribution in [0, 0.1) is 0 Å². The summed E-state index contributed by atoms with van der Waals surface area (Å²) in [5.74, 6) is 1.89. The van der Waals surface area contributed by atoms with E-state index in [4.69, 9.17) is 9.15 Å². The van der Waals surface area contributed by atoms with Crippen molar-refractivity contribution >= 4 is 17.5 Å². The summed E-state index contributed by atoms with van der Waals surface area (Å²) in [7, 11) is 1.60. The average Bonchev–Trinajstić information content (AvgIpc) is 3.09. The van der Waals surface area contributed by atoms with Crippen molar-refractivity contribution in [2.45, 2.75) is 5.09 Å². The Morgan fingerprint density at radius 1 is 1.09 bits per heavy atom. The minimum absolute atomic E-state index is 0.0551. The van der Waals surface area contributed by atoms with Crippen LogP contribution in [-0.4, -0.2) is 23.6 Å². The van der Waals surface area contributed by atoms with Crippen molar-refractivity contribution in [1.82, 2.24) is 4.98 Å². The molecule has 0 aliphatic heterocycles. The van der Waals surface area contributed by atoms with E-state index in [0.29, 0.717) is 11.3 Å². The number of furan rings is 1. The number of nitrogens with zero attached hydrogens (tertiary/aromatic N) is 1. The zero-order valence-electron chi connectivity index (χ0n) is 12.6. The van der Waals surface area contributed by atoms with Crippen LogP contribution in [0.3, 0.4) is 0 Å². The lowest BCUT2D eigenvalue weighted by molar-refractivity contribution is 0.102. The van der Waals surface area contributed by atoms with Crippen LogP contribution in [0.4, 0.5) is 0 Å². The second-order valence-electron chi connectivity index (χ2n) is 4.79. The summed E-state index contributed by atoms with van der Waals surface area (Å²) in [5.41, 5.74) is 1.63. The Morgan fingerprint density at radius 3 is 2.52 bits per heavy atom. The van der Waals surface area contributed by atoms with Gasteiger partial charge < -0.3 is 9.15 Å².